The number of nitrogens with one attached hydrogen (secondary N) is 3. The lowest BCUT2D eigenvalue weighted by Gasteiger charge is -2.02. The third kappa shape index (κ3) is 3.21. The summed E-state index contributed by atoms with van der Waals surface area (Å²) in [6.45, 7) is 0.865. The first kappa shape index (κ1) is 15.8. The van der Waals surface area contributed by atoms with Crippen LogP contribution in [0.1, 0.15) is 18.4 Å². The first-order chi connectivity index (χ1) is 13.3. The molecule has 1 aliphatic carbocycles. The van der Waals surface area contributed by atoms with Gasteiger partial charge in [-0.3, -0.25) is 10.1 Å². The molecule has 1 aliphatic heterocycles. The van der Waals surface area contributed by atoms with Gasteiger partial charge in [-0.2, -0.15) is 0 Å². The topological polar surface area (TPSA) is 82.2 Å². The van der Waals surface area contributed by atoms with Crippen molar-refractivity contribution in [1.29, 1.82) is 0 Å². The van der Waals surface area contributed by atoms with Gasteiger partial charge in [-0.15, -0.1) is 0 Å². The minimum absolute atomic E-state index is 0.185. The van der Waals surface area contributed by atoms with Crippen molar-refractivity contribution in [2.24, 2.45) is 10.9 Å². The van der Waals surface area contributed by atoms with E-state index in [2.05, 4.69) is 43.8 Å². The number of aliphatic imine (C=N–C) groups is 1. The Bertz CT molecular complexity index is 1080. The second-order valence-electron chi connectivity index (χ2n) is 7.00. The fourth-order valence-electron chi connectivity index (χ4n) is 3.19. The molecule has 134 valence electrons. The van der Waals surface area contributed by atoms with Gasteiger partial charge in [-0.05, 0) is 36.5 Å². The van der Waals surface area contributed by atoms with E-state index in [1.165, 1.54) is 12.8 Å². The van der Waals surface area contributed by atoms with Crippen molar-refractivity contribution in [3.05, 3.63) is 60.1 Å². The molecule has 0 spiro atoms. The molecule has 1 amide bonds. The molecular formula is C21H19N5O. The Hall–Kier alpha value is -3.41. The summed E-state index contributed by atoms with van der Waals surface area (Å²) < 4.78 is 0. The molecule has 6 heteroatoms. The number of fused-ring (bicyclic) bond motifs is 1. The molecule has 2 aliphatic rings. The van der Waals surface area contributed by atoms with Gasteiger partial charge < -0.3 is 10.3 Å². The number of pyridine rings is 1. The van der Waals surface area contributed by atoms with E-state index in [0.29, 0.717) is 17.6 Å². The van der Waals surface area contributed by atoms with Gasteiger partial charge in [0.15, 0.2) is 0 Å². The number of benzene rings is 1. The molecule has 3 heterocycles. The summed E-state index contributed by atoms with van der Waals surface area (Å²) in [6.07, 6.45) is 8.02. The fraction of sp³-hybridized carbons (Fsp3) is 0.190. The molecule has 1 aromatic carbocycles. The minimum atomic E-state index is -0.185. The highest BCUT2D eigenvalue weighted by Gasteiger charge is 2.24. The molecule has 5 rings (SSSR count). The maximum atomic E-state index is 12.2. The third-order valence-corrected chi connectivity index (χ3v) is 4.91. The van der Waals surface area contributed by atoms with Crippen LogP contribution in [-0.2, 0) is 4.79 Å². The van der Waals surface area contributed by atoms with Crippen molar-refractivity contribution in [3.63, 3.8) is 0 Å². The molecule has 0 saturated heterocycles. The second-order valence-corrected chi connectivity index (χ2v) is 7.00. The van der Waals surface area contributed by atoms with Crippen molar-refractivity contribution in [2.45, 2.75) is 12.8 Å². The van der Waals surface area contributed by atoms with Crippen LogP contribution in [0.15, 0.2) is 59.5 Å². The number of H-pyrrole nitrogens is 1. The van der Waals surface area contributed by atoms with Gasteiger partial charge in [0.25, 0.3) is 5.91 Å². The van der Waals surface area contributed by atoms with Crippen molar-refractivity contribution in [1.82, 2.24) is 20.6 Å². The van der Waals surface area contributed by atoms with E-state index in [0.717, 1.165) is 34.3 Å². The first-order valence-electron chi connectivity index (χ1n) is 9.14. The maximum Gasteiger partial charge on any atom is 0.276 e. The Morgan fingerprint density at radius 3 is 2.85 bits per heavy atom. The average Bonchev–Trinajstić information content (AvgIpc) is 3.36. The number of nitrogens with zero attached hydrogens (tertiary/aromatic N) is 2. The number of amides is 1. The predicted molar refractivity (Wildman–Crippen MR) is 106 cm³/mol. The lowest BCUT2D eigenvalue weighted by Crippen LogP contribution is -2.37. The summed E-state index contributed by atoms with van der Waals surface area (Å²) in [5, 5.41) is 6.96. The first-order valence-corrected chi connectivity index (χ1v) is 9.14. The van der Waals surface area contributed by atoms with Crippen LogP contribution in [0.4, 0.5) is 0 Å². The molecule has 27 heavy (non-hydrogen) atoms. The van der Waals surface area contributed by atoms with Gasteiger partial charge in [-0.25, -0.2) is 9.98 Å². The lowest BCUT2D eigenvalue weighted by atomic mass is 10.1. The van der Waals surface area contributed by atoms with Crippen molar-refractivity contribution in [2.75, 3.05) is 6.54 Å². The van der Waals surface area contributed by atoms with Crippen LogP contribution in [0.2, 0.25) is 0 Å². The molecule has 0 radical (unpaired) electrons. The summed E-state index contributed by atoms with van der Waals surface area (Å²) >= 11 is 0. The standard InChI is InChI=1S/C21H19N5O/c27-20-18(25-21(26-20)24-10-13-6-7-13)9-16-12-23-19-17(16)8-15(11-22-19)14-4-2-1-3-5-14/h1-5,8-9,11-13H,6-7,10H2,(H,22,23)(H2,24,25,26,27). The maximum absolute atomic E-state index is 12.2. The van der Waals surface area contributed by atoms with E-state index in [-0.39, 0.29) is 5.91 Å². The normalized spacial score (nSPS) is 18.0. The highest BCUT2D eigenvalue weighted by molar-refractivity contribution is 6.14. The molecule has 2 aromatic heterocycles. The van der Waals surface area contributed by atoms with Crippen molar-refractivity contribution in [3.8, 4) is 11.1 Å². The van der Waals surface area contributed by atoms with E-state index in [4.69, 9.17) is 0 Å². The molecule has 1 fully saturated rings. The van der Waals surface area contributed by atoms with E-state index >= 15 is 0 Å². The molecule has 1 saturated carbocycles. The van der Waals surface area contributed by atoms with Crippen molar-refractivity contribution >= 4 is 29.0 Å². The quantitative estimate of drug-likeness (QED) is 0.628. The fourth-order valence-corrected chi connectivity index (χ4v) is 3.19. The smallest absolute Gasteiger partial charge is 0.276 e. The van der Waals surface area contributed by atoms with Gasteiger partial charge in [-0.1, -0.05) is 30.3 Å². The SMILES string of the molecule is O=C1NC(NCC2CC2)=NC1=Cc1c[nH]c2ncc(-c3ccccc3)cc12. The number of aromatic amines is 1. The Labute approximate surface area is 156 Å². The van der Waals surface area contributed by atoms with Crippen LogP contribution in [0.25, 0.3) is 28.2 Å². The molecular weight excluding hydrogens is 338 g/mol. The number of hydrogen-bond donors (Lipinski definition) is 3. The lowest BCUT2D eigenvalue weighted by molar-refractivity contribution is -0.115. The molecule has 0 bridgehead atoms. The van der Waals surface area contributed by atoms with Crippen LogP contribution >= 0.6 is 0 Å². The second kappa shape index (κ2) is 6.39. The summed E-state index contributed by atoms with van der Waals surface area (Å²) in [5.74, 6) is 1.07. The van der Waals surface area contributed by atoms with Gasteiger partial charge in [0.2, 0.25) is 5.96 Å². The zero-order valence-electron chi connectivity index (χ0n) is 14.7. The largest absolute Gasteiger partial charge is 0.355 e. The monoisotopic (exact) mass is 357 g/mol. The Balaban J connectivity index is 1.47. The Kier molecular flexibility index (Phi) is 3.74. The van der Waals surface area contributed by atoms with Crippen LogP contribution in [0.5, 0.6) is 0 Å². The van der Waals surface area contributed by atoms with Crippen molar-refractivity contribution < 1.29 is 4.79 Å². The Morgan fingerprint density at radius 1 is 1.19 bits per heavy atom. The summed E-state index contributed by atoms with van der Waals surface area (Å²) in [5.41, 5.74) is 4.23. The number of aromatic nitrogens is 2. The Morgan fingerprint density at radius 2 is 2.04 bits per heavy atom. The molecule has 0 atom stereocenters. The molecule has 3 aromatic rings. The van der Waals surface area contributed by atoms with Gasteiger partial charge in [0.05, 0.1) is 0 Å². The average molecular weight is 357 g/mol. The van der Waals surface area contributed by atoms with E-state index in [9.17, 15) is 4.79 Å². The number of guanidine groups is 1. The van der Waals surface area contributed by atoms with Crippen LogP contribution < -0.4 is 10.6 Å². The summed E-state index contributed by atoms with van der Waals surface area (Å²) in [6, 6.07) is 12.2. The number of hydrogen-bond acceptors (Lipinski definition) is 4. The number of carbonyl (C=O) groups excluding carboxylic acids is 1. The zero-order chi connectivity index (χ0) is 18.2. The zero-order valence-corrected chi connectivity index (χ0v) is 14.7. The number of carbonyl (C=O) groups is 1. The summed E-state index contributed by atoms with van der Waals surface area (Å²) in [4.78, 5) is 24.3. The highest BCUT2D eigenvalue weighted by Crippen LogP contribution is 2.28. The third-order valence-electron chi connectivity index (χ3n) is 4.91. The van der Waals surface area contributed by atoms with E-state index < -0.39 is 0 Å². The van der Waals surface area contributed by atoms with Crippen LogP contribution in [0, 0.1) is 5.92 Å². The van der Waals surface area contributed by atoms with Crippen LogP contribution in [0.3, 0.4) is 0 Å². The predicted octanol–water partition coefficient (Wildman–Crippen LogP) is 3.06. The number of rotatable bonds is 4. The molecule has 0 unspecified atom stereocenters. The van der Waals surface area contributed by atoms with Crippen LogP contribution in [-0.4, -0.2) is 28.4 Å². The van der Waals surface area contributed by atoms with Gasteiger partial charge >= 0.3 is 0 Å². The van der Waals surface area contributed by atoms with E-state index in [1.807, 2.05) is 30.6 Å². The molecule has 3 N–H and O–H groups in total. The van der Waals surface area contributed by atoms with Gasteiger partial charge in [0, 0.05) is 35.5 Å². The van der Waals surface area contributed by atoms with Gasteiger partial charge in [0.1, 0.15) is 11.3 Å². The van der Waals surface area contributed by atoms with E-state index in [1.54, 1.807) is 6.08 Å². The molecule has 6 nitrogen and oxygen atoms in total. The highest BCUT2D eigenvalue weighted by atomic mass is 16.2. The summed E-state index contributed by atoms with van der Waals surface area (Å²) in [7, 11) is 0. The minimum Gasteiger partial charge on any atom is -0.355 e.